The maximum Gasteiger partial charge on any atom is 0.328 e. The lowest BCUT2D eigenvalue weighted by Crippen LogP contribution is -2.31. The monoisotopic (exact) mass is 559 g/mol. The van der Waals surface area contributed by atoms with Crippen LogP contribution < -0.4 is 15.1 Å². The summed E-state index contributed by atoms with van der Waals surface area (Å²) in [5.74, 6) is -3.60. The number of amides is 1. The molecule has 0 fully saturated rings. The molecule has 39 heavy (non-hydrogen) atoms. The quantitative estimate of drug-likeness (QED) is 0.192. The largest absolute Gasteiger partial charge is 0.478 e. The number of carboxylic acid groups (broad SMARTS) is 3. The third-order valence-corrected chi connectivity index (χ3v) is 5.59. The number of nitrogens with one attached hydrogen (secondary N) is 1. The van der Waals surface area contributed by atoms with Crippen molar-refractivity contribution in [3.05, 3.63) is 77.4 Å². The number of aliphatic hydroxyl groups excluding tert-OH is 1. The Morgan fingerprint density at radius 1 is 0.821 bits per heavy atom. The normalized spacial score (nSPS) is 12.5. The molecule has 12 heteroatoms. The topological polar surface area (TPSA) is 168 Å². The first-order chi connectivity index (χ1) is 18.6. The van der Waals surface area contributed by atoms with Crippen LogP contribution in [-0.2, 0) is 14.4 Å². The van der Waals surface area contributed by atoms with Crippen LogP contribution in [-0.4, -0.2) is 77.0 Å². The summed E-state index contributed by atoms with van der Waals surface area (Å²) in [7, 11) is 0. The predicted octanol–water partition coefficient (Wildman–Crippen LogP) is 3.15. The van der Waals surface area contributed by atoms with Crippen molar-refractivity contribution in [3.8, 4) is 0 Å². The molecular weight excluding hydrogens is 530 g/mol. The minimum Gasteiger partial charge on any atom is -0.478 e. The first kappa shape index (κ1) is 31.0. The number of anilines is 3. The van der Waals surface area contributed by atoms with Crippen molar-refractivity contribution in [2.75, 3.05) is 42.6 Å². The van der Waals surface area contributed by atoms with Crippen LogP contribution in [0.15, 0.2) is 66.8 Å². The highest BCUT2D eigenvalue weighted by Gasteiger charge is 2.30. The molecule has 0 bridgehead atoms. The van der Waals surface area contributed by atoms with E-state index in [2.05, 4.69) is 10.2 Å². The van der Waals surface area contributed by atoms with Gasteiger partial charge in [-0.15, -0.1) is 0 Å². The number of hydrogen-bond acceptors (Lipinski definition) is 7. The van der Waals surface area contributed by atoms with E-state index in [4.69, 9.17) is 26.9 Å². The van der Waals surface area contributed by atoms with Gasteiger partial charge in [-0.1, -0.05) is 29.8 Å². The summed E-state index contributed by atoms with van der Waals surface area (Å²) in [4.78, 5) is 46.8. The number of carbonyl (C=O) groups is 4. The van der Waals surface area contributed by atoms with E-state index < -0.39 is 17.9 Å². The summed E-state index contributed by atoms with van der Waals surface area (Å²) < 4.78 is 0. The maximum atomic E-state index is 13.4. The van der Waals surface area contributed by atoms with Gasteiger partial charge in [0.25, 0.3) is 5.91 Å². The van der Waals surface area contributed by atoms with E-state index in [-0.39, 0.29) is 12.5 Å². The van der Waals surface area contributed by atoms with E-state index in [9.17, 15) is 24.3 Å². The Bertz CT molecular complexity index is 1220. The second kappa shape index (κ2) is 15.9. The van der Waals surface area contributed by atoms with Crippen molar-refractivity contribution in [1.82, 2.24) is 5.32 Å². The lowest BCUT2D eigenvalue weighted by molar-refractivity contribution is -0.134. The molecular formula is C27H30ClN3O8. The van der Waals surface area contributed by atoms with Crippen LogP contribution in [0.2, 0.25) is 5.02 Å². The number of fused-ring (bicyclic) bond motifs is 2. The number of para-hydroxylation sites is 2. The standard InChI is InChI=1S/C23H26ClN3O4.C4H4O4/c24-17-9-10-18-21(16-17)26(13-4-12-25-11-3-8-22(29)30)19-6-1-2-7-20(19)27(23(18)31)14-5-15-28;5-3(6)1-2-4(7)8/h1-3,6-10,16,25,28H,4-5,11-15H2,(H,29,30);1-2H,(H,5,6)(H,7,8)/b8-3+;2-1-. The van der Waals surface area contributed by atoms with Crippen molar-refractivity contribution in [3.63, 3.8) is 0 Å². The summed E-state index contributed by atoms with van der Waals surface area (Å²) in [5, 5.41) is 37.3. The number of carbonyl (C=O) groups excluding carboxylic acids is 1. The Labute approximate surface area is 230 Å². The molecule has 0 saturated carbocycles. The Balaban J connectivity index is 0.000000580. The molecule has 0 radical (unpaired) electrons. The SMILES string of the molecule is O=C(O)/C=C/CNCCCN1c2cc(Cl)ccc2C(=O)N(CCCO)c2ccccc21.O=C(O)/C=C\C(=O)O. The molecule has 11 nitrogen and oxygen atoms in total. The highest BCUT2D eigenvalue weighted by molar-refractivity contribution is 6.31. The van der Waals surface area contributed by atoms with Crippen molar-refractivity contribution in [1.29, 1.82) is 0 Å². The highest BCUT2D eigenvalue weighted by atomic mass is 35.5. The van der Waals surface area contributed by atoms with Crippen LogP contribution in [0.25, 0.3) is 0 Å². The summed E-state index contributed by atoms with van der Waals surface area (Å²) >= 11 is 6.28. The van der Waals surface area contributed by atoms with Gasteiger partial charge in [-0.05, 0) is 49.7 Å². The van der Waals surface area contributed by atoms with E-state index in [1.807, 2.05) is 30.3 Å². The smallest absolute Gasteiger partial charge is 0.328 e. The van der Waals surface area contributed by atoms with Crippen LogP contribution in [0.4, 0.5) is 17.1 Å². The van der Waals surface area contributed by atoms with E-state index in [1.165, 1.54) is 0 Å². The molecule has 0 atom stereocenters. The molecule has 0 saturated heterocycles. The van der Waals surface area contributed by atoms with Gasteiger partial charge in [0, 0.05) is 49.5 Å². The van der Waals surface area contributed by atoms with Gasteiger partial charge in [0.15, 0.2) is 0 Å². The van der Waals surface area contributed by atoms with Gasteiger partial charge in [0.2, 0.25) is 0 Å². The molecule has 1 aliphatic heterocycles. The van der Waals surface area contributed by atoms with Crippen LogP contribution in [0.1, 0.15) is 23.2 Å². The van der Waals surface area contributed by atoms with Crippen molar-refractivity contribution in [2.24, 2.45) is 0 Å². The molecule has 2 aromatic carbocycles. The molecule has 1 heterocycles. The van der Waals surface area contributed by atoms with Crippen LogP contribution >= 0.6 is 11.6 Å². The molecule has 5 N–H and O–H groups in total. The number of carboxylic acids is 3. The summed E-state index contributed by atoms with van der Waals surface area (Å²) in [6.45, 7) is 2.21. The number of hydrogen-bond donors (Lipinski definition) is 5. The van der Waals surface area contributed by atoms with Crippen LogP contribution in [0.3, 0.4) is 0 Å². The zero-order valence-electron chi connectivity index (χ0n) is 21.0. The average molecular weight is 560 g/mol. The Hall–Kier alpha value is -4.19. The molecule has 0 spiro atoms. The molecule has 208 valence electrons. The summed E-state index contributed by atoms with van der Waals surface area (Å²) in [6, 6.07) is 13.0. The zero-order valence-corrected chi connectivity index (χ0v) is 21.8. The number of benzene rings is 2. The van der Waals surface area contributed by atoms with Gasteiger partial charge < -0.3 is 35.5 Å². The highest BCUT2D eigenvalue weighted by Crippen LogP contribution is 2.41. The van der Waals surface area contributed by atoms with Gasteiger partial charge in [0.1, 0.15) is 0 Å². The van der Waals surface area contributed by atoms with E-state index in [0.717, 1.165) is 29.6 Å². The molecule has 2 aromatic rings. The van der Waals surface area contributed by atoms with E-state index in [0.29, 0.717) is 55.3 Å². The zero-order chi connectivity index (χ0) is 28.8. The minimum absolute atomic E-state index is 0.00509. The first-order valence-corrected chi connectivity index (χ1v) is 12.4. The van der Waals surface area contributed by atoms with Crippen molar-refractivity contribution in [2.45, 2.75) is 12.8 Å². The maximum absolute atomic E-state index is 13.4. The lowest BCUT2D eigenvalue weighted by atomic mass is 10.1. The Kier molecular flexibility index (Phi) is 12.7. The number of halogens is 1. The molecule has 3 rings (SSSR count). The van der Waals surface area contributed by atoms with Crippen LogP contribution in [0, 0.1) is 0 Å². The van der Waals surface area contributed by atoms with Gasteiger partial charge in [0.05, 0.1) is 22.6 Å². The summed E-state index contributed by atoms with van der Waals surface area (Å²) in [6.07, 6.45) is 5.05. The molecule has 1 amide bonds. The fraction of sp³-hybridized carbons (Fsp3) is 0.259. The van der Waals surface area contributed by atoms with Gasteiger partial charge in [-0.2, -0.15) is 0 Å². The second-order valence-electron chi connectivity index (χ2n) is 8.14. The molecule has 0 aromatic heterocycles. The minimum atomic E-state index is -1.26. The summed E-state index contributed by atoms with van der Waals surface area (Å²) in [5.41, 5.74) is 3.02. The van der Waals surface area contributed by atoms with Crippen molar-refractivity contribution >= 4 is 52.5 Å². The molecule has 0 aliphatic carbocycles. The average Bonchev–Trinajstić information content (AvgIpc) is 2.98. The lowest BCUT2D eigenvalue weighted by Gasteiger charge is -2.27. The predicted molar refractivity (Wildman–Crippen MR) is 147 cm³/mol. The third-order valence-electron chi connectivity index (χ3n) is 5.36. The third kappa shape index (κ3) is 9.89. The molecule has 0 unspecified atom stereocenters. The van der Waals surface area contributed by atoms with E-state index in [1.54, 1.807) is 23.1 Å². The second-order valence-corrected chi connectivity index (χ2v) is 8.58. The Morgan fingerprint density at radius 3 is 2.00 bits per heavy atom. The van der Waals surface area contributed by atoms with Crippen LogP contribution in [0.5, 0.6) is 0 Å². The molecule has 1 aliphatic rings. The number of nitrogens with zero attached hydrogens (tertiary/aromatic N) is 2. The fourth-order valence-electron chi connectivity index (χ4n) is 3.76. The van der Waals surface area contributed by atoms with E-state index >= 15 is 0 Å². The van der Waals surface area contributed by atoms with Crippen molar-refractivity contribution < 1.29 is 39.6 Å². The fourth-order valence-corrected chi connectivity index (χ4v) is 3.92. The number of aliphatic hydroxyl groups is 1. The number of rotatable bonds is 12. The first-order valence-electron chi connectivity index (χ1n) is 12.0. The van der Waals surface area contributed by atoms with Gasteiger partial charge in [-0.25, -0.2) is 14.4 Å². The van der Waals surface area contributed by atoms with Gasteiger partial charge in [-0.3, -0.25) is 4.79 Å². The Morgan fingerprint density at radius 2 is 1.41 bits per heavy atom. The van der Waals surface area contributed by atoms with Gasteiger partial charge >= 0.3 is 17.9 Å². The number of aliphatic carboxylic acids is 3.